The molecule has 0 aromatic rings. The van der Waals surface area contributed by atoms with Crippen molar-refractivity contribution in [2.24, 2.45) is 16.3 Å². The lowest BCUT2D eigenvalue weighted by molar-refractivity contribution is 0.447. The summed E-state index contributed by atoms with van der Waals surface area (Å²) in [7, 11) is 1.87. The minimum Gasteiger partial charge on any atom is -0.370 e. The van der Waals surface area contributed by atoms with E-state index in [9.17, 15) is 0 Å². The van der Waals surface area contributed by atoms with Gasteiger partial charge in [0.15, 0.2) is 0 Å². The Morgan fingerprint density at radius 3 is 2.91 bits per heavy atom. The molecular formula is C9H16N2. The first kappa shape index (κ1) is 7.14. The van der Waals surface area contributed by atoms with Gasteiger partial charge in [-0.05, 0) is 17.8 Å². The molecule has 1 aliphatic heterocycles. The van der Waals surface area contributed by atoms with Gasteiger partial charge in [0, 0.05) is 19.5 Å². The highest BCUT2D eigenvalue weighted by Crippen LogP contribution is 2.57. The maximum absolute atomic E-state index is 4.20. The van der Waals surface area contributed by atoms with Crippen LogP contribution in [-0.2, 0) is 0 Å². The van der Waals surface area contributed by atoms with Gasteiger partial charge in [0.1, 0.15) is 0 Å². The minimum absolute atomic E-state index is 0.591. The second-order valence-corrected chi connectivity index (χ2v) is 4.09. The van der Waals surface area contributed by atoms with Gasteiger partial charge in [0.25, 0.3) is 0 Å². The van der Waals surface area contributed by atoms with E-state index in [1.165, 1.54) is 12.3 Å². The summed E-state index contributed by atoms with van der Waals surface area (Å²) in [5, 5.41) is 3.48. The van der Waals surface area contributed by atoms with Crippen LogP contribution >= 0.6 is 0 Å². The number of hydrogen-bond acceptors (Lipinski definition) is 1. The SMILES string of the molecule is CN=C1CCC2(C)C(C)C2N1. The zero-order valence-electron chi connectivity index (χ0n) is 7.52. The van der Waals surface area contributed by atoms with Crippen LogP contribution in [0.2, 0.25) is 0 Å². The summed E-state index contributed by atoms with van der Waals surface area (Å²) in [6.45, 7) is 4.71. The summed E-state index contributed by atoms with van der Waals surface area (Å²) >= 11 is 0. The molecule has 0 aromatic carbocycles. The number of rotatable bonds is 0. The number of nitrogens with zero attached hydrogens (tertiary/aromatic N) is 1. The Morgan fingerprint density at radius 1 is 1.64 bits per heavy atom. The van der Waals surface area contributed by atoms with Crippen molar-refractivity contribution in [3.05, 3.63) is 0 Å². The van der Waals surface area contributed by atoms with Crippen molar-refractivity contribution in [3.8, 4) is 0 Å². The first-order chi connectivity index (χ1) is 5.18. The molecule has 0 spiro atoms. The number of hydrogen-bond donors (Lipinski definition) is 1. The third kappa shape index (κ3) is 0.815. The molecule has 62 valence electrons. The topological polar surface area (TPSA) is 24.4 Å². The van der Waals surface area contributed by atoms with Crippen molar-refractivity contribution in [3.63, 3.8) is 0 Å². The number of nitrogens with one attached hydrogen (secondary N) is 1. The lowest BCUT2D eigenvalue weighted by atomic mass is 9.97. The summed E-state index contributed by atoms with van der Waals surface area (Å²) in [5.41, 5.74) is 0.591. The van der Waals surface area contributed by atoms with Crippen LogP contribution in [0, 0.1) is 11.3 Å². The number of fused-ring (bicyclic) bond motifs is 1. The normalized spacial score (nSPS) is 51.7. The molecule has 0 bridgehead atoms. The van der Waals surface area contributed by atoms with E-state index < -0.39 is 0 Å². The van der Waals surface area contributed by atoms with E-state index in [0.29, 0.717) is 5.41 Å². The summed E-state index contributed by atoms with van der Waals surface area (Å²) in [6, 6.07) is 0.718. The maximum Gasteiger partial charge on any atom is 0.0962 e. The van der Waals surface area contributed by atoms with Crippen molar-refractivity contribution < 1.29 is 0 Å². The van der Waals surface area contributed by atoms with E-state index in [1.54, 1.807) is 0 Å². The molecule has 2 heteroatoms. The zero-order valence-corrected chi connectivity index (χ0v) is 7.52. The molecule has 2 nitrogen and oxygen atoms in total. The Morgan fingerprint density at radius 2 is 2.36 bits per heavy atom. The van der Waals surface area contributed by atoms with Crippen LogP contribution in [0.4, 0.5) is 0 Å². The number of piperidine rings is 1. The monoisotopic (exact) mass is 152 g/mol. The van der Waals surface area contributed by atoms with Gasteiger partial charge in [-0.1, -0.05) is 13.8 Å². The Labute approximate surface area is 68.1 Å². The minimum atomic E-state index is 0.591. The fourth-order valence-electron chi connectivity index (χ4n) is 2.29. The lowest BCUT2D eigenvalue weighted by Gasteiger charge is -2.20. The van der Waals surface area contributed by atoms with Crippen LogP contribution in [0.25, 0.3) is 0 Å². The van der Waals surface area contributed by atoms with Gasteiger partial charge < -0.3 is 5.32 Å². The van der Waals surface area contributed by atoms with Crippen LogP contribution in [0.15, 0.2) is 4.99 Å². The molecule has 11 heavy (non-hydrogen) atoms. The Balaban J connectivity index is 2.10. The van der Waals surface area contributed by atoms with E-state index in [2.05, 4.69) is 24.2 Å². The zero-order chi connectivity index (χ0) is 8.06. The van der Waals surface area contributed by atoms with Gasteiger partial charge in [-0.15, -0.1) is 0 Å². The highest BCUT2D eigenvalue weighted by Gasteiger charge is 2.60. The largest absolute Gasteiger partial charge is 0.370 e. The molecule has 1 N–H and O–H groups in total. The van der Waals surface area contributed by atoms with Crippen LogP contribution in [0.3, 0.4) is 0 Å². The third-order valence-corrected chi connectivity index (χ3v) is 3.63. The van der Waals surface area contributed by atoms with Crippen molar-refractivity contribution in [2.75, 3.05) is 7.05 Å². The second kappa shape index (κ2) is 1.99. The molecule has 1 saturated heterocycles. The van der Waals surface area contributed by atoms with Gasteiger partial charge in [-0.2, -0.15) is 0 Å². The van der Waals surface area contributed by atoms with Crippen LogP contribution < -0.4 is 5.32 Å². The fraction of sp³-hybridized carbons (Fsp3) is 0.889. The molecule has 1 saturated carbocycles. The molecule has 2 fully saturated rings. The van der Waals surface area contributed by atoms with E-state index in [0.717, 1.165) is 18.4 Å². The Kier molecular flexibility index (Phi) is 1.29. The third-order valence-electron chi connectivity index (χ3n) is 3.63. The van der Waals surface area contributed by atoms with Gasteiger partial charge in [0.05, 0.1) is 5.84 Å². The number of aliphatic imine (C=N–C) groups is 1. The summed E-state index contributed by atoms with van der Waals surface area (Å²) in [5.74, 6) is 2.05. The first-order valence-electron chi connectivity index (χ1n) is 4.40. The van der Waals surface area contributed by atoms with Crippen LogP contribution in [0.5, 0.6) is 0 Å². The van der Waals surface area contributed by atoms with E-state index in [1.807, 2.05) is 7.05 Å². The Hall–Kier alpha value is -0.530. The molecule has 0 radical (unpaired) electrons. The summed E-state index contributed by atoms with van der Waals surface area (Å²) in [6.07, 6.45) is 2.46. The molecule has 3 unspecified atom stereocenters. The standard InChI is InChI=1S/C9H16N2/c1-6-8-9(6,2)5-4-7(10-3)11-8/h6,8H,4-5H2,1-3H3,(H,10,11). The van der Waals surface area contributed by atoms with E-state index in [4.69, 9.17) is 0 Å². The molecule has 1 heterocycles. The highest BCUT2D eigenvalue weighted by molar-refractivity contribution is 5.84. The predicted molar refractivity (Wildman–Crippen MR) is 46.8 cm³/mol. The summed E-state index contributed by atoms with van der Waals surface area (Å²) < 4.78 is 0. The average molecular weight is 152 g/mol. The maximum atomic E-state index is 4.20. The molecular weight excluding hydrogens is 136 g/mol. The summed E-state index contributed by atoms with van der Waals surface area (Å²) in [4.78, 5) is 4.20. The van der Waals surface area contributed by atoms with E-state index >= 15 is 0 Å². The number of amidine groups is 1. The van der Waals surface area contributed by atoms with Crippen molar-refractivity contribution in [1.29, 1.82) is 0 Å². The Bertz CT molecular complexity index is 210. The van der Waals surface area contributed by atoms with Gasteiger partial charge in [0.2, 0.25) is 0 Å². The molecule has 2 aliphatic rings. The highest BCUT2D eigenvalue weighted by atomic mass is 15.1. The smallest absolute Gasteiger partial charge is 0.0962 e. The fourth-order valence-corrected chi connectivity index (χ4v) is 2.29. The van der Waals surface area contributed by atoms with Crippen LogP contribution in [0.1, 0.15) is 26.7 Å². The quantitative estimate of drug-likeness (QED) is 0.558. The molecule has 0 amide bonds. The van der Waals surface area contributed by atoms with Crippen molar-refractivity contribution in [2.45, 2.75) is 32.7 Å². The van der Waals surface area contributed by atoms with Crippen LogP contribution in [-0.4, -0.2) is 18.9 Å². The average Bonchev–Trinajstić information content (AvgIpc) is 2.55. The predicted octanol–water partition coefficient (Wildman–Crippen LogP) is 1.42. The van der Waals surface area contributed by atoms with E-state index in [-0.39, 0.29) is 0 Å². The molecule has 3 atom stereocenters. The van der Waals surface area contributed by atoms with Crippen molar-refractivity contribution >= 4 is 5.84 Å². The molecule has 1 aliphatic carbocycles. The second-order valence-electron chi connectivity index (χ2n) is 4.09. The van der Waals surface area contributed by atoms with Crippen molar-refractivity contribution in [1.82, 2.24) is 5.32 Å². The molecule has 2 rings (SSSR count). The first-order valence-corrected chi connectivity index (χ1v) is 4.40. The lowest BCUT2D eigenvalue weighted by Crippen LogP contribution is -2.34. The molecule has 0 aromatic heterocycles. The van der Waals surface area contributed by atoms with Gasteiger partial charge >= 0.3 is 0 Å². The van der Waals surface area contributed by atoms with Gasteiger partial charge in [-0.25, -0.2) is 0 Å². The van der Waals surface area contributed by atoms with Gasteiger partial charge in [-0.3, -0.25) is 4.99 Å².